The van der Waals surface area contributed by atoms with Crippen LogP contribution in [0.3, 0.4) is 0 Å². The summed E-state index contributed by atoms with van der Waals surface area (Å²) in [5, 5.41) is 5.84. The lowest BCUT2D eigenvalue weighted by atomic mass is 10.1. The molecular weight excluding hydrogens is 390 g/mol. The molecule has 2 N–H and O–H groups in total. The van der Waals surface area contributed by atoms with Gasteiger partial charge in [0, 0.05) is 12.1 Å². The van der Waals surface area contributed by atoms with Crippen molar-refractivity contribution in [1.82, 2.24) is 10.2 Å². The molecule has 2 amide bonds. The number of carbonyl (C=O) groups excluding carboxylic acids is 2. The molecule has 0 saturated heterocycles. The number of rotatable bonds is 8. The van der Waals surface area contributed by atoms with Gasteiger partial charge in [-0.05, 0) is 56.1 Å². The molecule has 0 aliphatic rings. The number of hydrogen-bond donors (Lipinski definition) is 2. The third-order valence-corrected chi connectivity index (χ3v) is 5.01. The van der Waals surface area contributed by atoms with Crippen molar-refractivity contribution in [3.63, 3.8) is 0 Å². The zero-order chi connectivity index (χ0) is 22.2. The third-order valence-electron chi connectivity index (χ3n) is 5.01. The molecule has 0 aromatic heterocycles. The Bertz CT molecular complexity index is 1030. The number of anilines is 1. The topological polar surface area (TPSA) is 70.7 Å². The zero-order valence-corrected chi connectivity index (χ0v) is 18.0. The fourth-order valence-corrected chi connectivity index (χ4v) is 3.31. The Labute approximate surface area is 182 Å². The molecule has 0 spiro atoms. The lowest BCUT2D eigenvalue weighted by Gasteiger charge is -2.25. The van der Waals surface area contributed by atoms with Crippen LogP contribution in [0, 0.1) is 0 Å². The van der Waals surface area contributed by atoms with Crippen LogP contribution in [-0.4, -0.2) is 44.5 Å². The molecule has 1 unspecified atom stereocenters. The van der Waals surface area contributed by atoms with E-state index < -0.39 is 0 Å². The SMILES string of the molecule is COc1cccc(C(CNC(=O)c2ccccc2NC(=O)c2ccccc2)N(C)C)c1. The van der Waals surface area contributed by atoms with Gasteiger partial charge in [0.2, 0.25) is 0 Å². The summed E-state index contributed by atoms with van der Waals surface area (Å²) in [7, 11) is 5.56. The number of carbonyl (C=O) groups is 2. The van der Waals surface area contributed by atoms with Gasteiger partial charge < -0.3 is 20.3 Å². The number of hydrogen-bond acceptors (Lipinski definition) is 4. The Kier molecular flexibility index (Phi) is 7.40. The second kappa shape index (κ2) is 10.4. The van der Waals surface area contributed by atoms with Crippen LogP contribution in [-0.2, 0) is 0 Å². The van der Waals surface area contributed by atoms with Crippen LogP contribution in [0.5, 0.6) is 5.75 Å². The van der Waals surface area contributed by atoms with E-state index in [-0.39, 0.29) is 17.9 Å². The number of likely N-dealkylation sites (N-methyl/N-ethyl adjacent to an activating group) is 1. The molecule has 6 heteroatoms. The summed E-state index contributed by atoms with van der Waals surface area (Å²) in [6.07, 6.45) is 0. The molecule has 31 heavy (non-hydrogen) atoms. The first-order valence-corrected chi connectivity index (χ1v) is 10.0. The highest BCUT2D eigenvalue weighted by Crippen LogP contribution is 2.23. The lowest BCUT2D eigenvalue weighted by molar-refractivity contribution is 0.0943. The molecule has 0 fully saturated rings. The van der Waals surface area contributed by atoms with Gasteiger partial charge in [0.1, 0.15) is 5.75 Å². The fourth-order valence-electron chi connectivity index (χ4n) is 3.31. The number of benzene rings is 3. The van der Waals surface area contributed by atoms with Crippen LogP contribution in [0.4, 0.5) is 5.69 Å². The Morgan fingerprint density at radius 1 is 0.903 bits per heavy atom. The van der Waals surface area contributed by atoms with Gasteiger partial charge in [-0.1, -0.05) is 42.5 Å². The van der Waals surface area contributed by atoms with Crippen molar-refractivity contribution < 1.29 is 14.3 Å². The largest absolute Gasteiger partial charge is 0.497 e. The van der Waals surface area contributed by atoms with Crippen molar-refractivity contribution >= 4 is 17.5 Å². The van der Waals surface area contributed by atoms with Crippen molar-refractivity contribution in [2.24, 2.45) is 0 Å². The van der Waals surface area contributed by atoms with E-state index in [0.29, 0.717) is 23.4 Å². The third kappa shape index (κ3) is 5.71. The molecule has 3 aromatic rings. The van der Waals surface area contributed by atoms with E-state index in [1.165, 1.54) is 0 Å². The van der Waals surface area contributed by atoms with Gasteiger partial charge in [0.15, 0.2) is 0 Å². The second-order valence-electron chi connectivity index (χ2n) is 7.33. The summed E-state index contributed by atoms with van der Waals surface area (Å²) in [5.41, 5.74) is 2.45. The first-order valence-electron chi connectivity index (χ1n) is 10.0. The smallest absolute Gasteiger partial charge is 0.255 e. The highest BCUT2D eigenvalue weighted by molar-refractivity contribution is 6.08. The van der Waals surface area contributed by atoms with Crippen molar-refractivity contribution in [1.29, 1.82) is 0 Å². The number of nitrogens with one attached hydrogen (secondary N) is 2. The predicted molar refractivity (Wildman–Crippen MR) is 123 cm³/mol. The molecule has 0 bridgehead atoms. The molecule has 0 radical (unpaired) electrons. The minimum absolute atomic E-state index is 0.0369. The standard InChI is InChI=1S/C25H27N3O3/c1-28(2)23(19-12-9-13-20(16-19)31-3)17-26-25(30)21-14-7-8-15-22(21)27-24(29)18-10-5-4-6-11-18/h4-16,23H,17H2,1-3H3,(H,26,30)(H,27,29). The molecule has 0 heterocycles. The molecule has 6 nitrogen and oxygen atoms in total. The van der Waals surface area contributed by atoms with E-state index >= 15 is 0 Å². The first kappa shape index (κ1) is 22.1. The summed E-state index contributed by atoms with van der Waals surface area (Å²) < 4.78 is 5.32. The maximum absolute atomic E-state index is 13.0. The molecule has 3 rings (SSSR count). The van der Waals surface area contributed by atoms with E-state index in [9.17, 15) is 9.59 Å². The van der Waals surface area contributed by atoms with Gasteiger partial charge in [-0.15, -0.1) is 0 Å². The number of amides is 2. The maximum Gasteiger partial charge on any atom is 0.255 e. The van der Waals surface area contributed by atoms with Gasteiger partial charge >= 0.3 is 0 Å². The Morgan fingerprint density at radius 3 is 2.32 bits per heavy atom. The Balaban J connectivity index is 1.73. The van der Waals surface area contributed by atoms with Gasteiger partial charge in [0.25, 0.3) is 11.8 Å². The molecule has 0 aliphatic carbocycles. The lowest BCUT2D eigenvalue weighted by Crippen LogP contribution is -2.35. The number of methoxy groups -OCH3 is 1. The van der Waals surface area contributed by atoms with Crippen LogP contribution in [0.25, 0.3) is 0 Å². The number of ether oxygens (including phenoxy) is 1. The summed E-state index contributed by atoms with van der Waals surface area (Å²) in [6.45, 7) is 0.403. The number of nitrogens with zero attached hydrogens (tertiary/aromatic N) is 1. The highest BCUT2D eigenvalue weighted by atomic mass is 16.5. The van der Waals surface area contributed by atoms with Crippen molar-refractivity contribution in [3.8, 4) is 5.75 Å². The minimum atomic E-state index is -0.261. The molecule has 0 saturated carbocycles. The van der Waals surface area contributed by atoms with Gasteiger partial charge in [-0.25, -0.2) is 0 Å². The quantitative estimate of drug-likeness (QED) is 0.582. The normalized spacial score (nSPS) is 11.6. The molecule has 160 valence electrons. The molecule has 1 atom stereocenters. The van der Waals surface area contributed by atoms with E-state index in [1.807, 2.05) is 49.3 Å². The van der Waals surface area contributed by atoms with Crippen molar-refractivity contribution in [2.75, 3.05) is 33.1 Å². The van der Waals surface area contributed by atoms with Crippen LogP contribution in [0.1, 0.15) is 32.3 Å². The van der Waals surface area contributed by atoms with Crippen LogP contribution < -0.4 is 15.4 Å². The van der Waals surface area contributed by atoms with E-state index in [1.54, 1.807) is 55.6 Å². The van der Waals surface area contributed by atoms with E-state index in [0.717, 1.165) is 11.3 Å². The average molecular weight is 418 g/mol. The summed E-state index contributed by atoms with van der Waals surface area (Å²) >= 11 is 0. The van der Waals surface area contributed by atoms with Gasteiger partial charge in [-0.2, -0.15) is 0 Å². The highest BCUT2D eigenvalue weighted by Gasteiger charge is 2.18. The van der Waals surface area contributed by atoms with E-state index in [4.69, 9.17) is 4.74 Å². The first-order chi connectivity index (χ1) is 15.0. The van der Waals surface area contributed by atoms with Crippen LogP contribution in [0.15, 0.2) is 78.9 Å². The predicted octanol–water partition coefficient (Wildman–Crippen LogP) is 3.98. The van der Waals surface area contributed by atoms with Gasteiger partial charge in [-0.3, -0.25) is 9.59 Å². The fraction of sp³-hybridized carbons (Fsp3) is 0.200. The Hall–Kier alpha value is -3.64. The van der Waals surface area contributed by atoms with E-state index in [2.05, 4.69) is 10.6 Å². The molecule has 0 aliphatic heterocycles. The van der Waals surface area contributed by atoms with Crippen molar-refractivity contribution in [2.45, 2.75) is 6.04 Å². The van der Waals surface area contributed by atoms with Crippen molar-refractivity contribution in [3.05, 3.63) is 95.6 Å². The Morgan fingerprint density at radius 2 is 1.61 bits per heavy atom. The molecular formula is C25H27N3O3. The average Bonchev–Trinajstić information content (AvgIpc) is 2.80. The maximum atomic E-state index is 13.0. The minimum Gasteiger partial charge on any atom is -0.497 e. The van der Waals surface area contributed by atoms with Gasteiger partial charge in [0.05, 0.1) is 24.4 Å². The number of para-hydroxylation sites is 1. The summed E-state index contributed by atoms with van der Waals surface area (Å²) in [6, 6.07) is 23.6. The molecule has 3 aromatic carbocycles. The zero-order valence-electron chi connectivity index (χ0n) is 18.0. The van der Waals surface area contributed by atoms with Crippen LogP contribution in [0.2, 0.25) is 0 Å². The summed E-state index contributed by atoms with van der Waals surface area (Å²) in [5.74, 6) is 0.256. The van der Waals surface area contributed by atoms with Crippen LogP contribution >= 0.6 is 0 Å². The summed E-state index contributed by atoms with van der Waals surface area (Å²) in [4.78, 5) is 27.5. The monoisotopic (exact) mass is 417 g/mol. The second-order valence-corrected chi connectivity index (χ2v) is 7.33.